The summed E-state index contributed by atoms with van der Waals surface area (Å²) in [7, 11) is 0. The quantitative estimate of drug-likeness (QED) is 0.729. The first kappa shape index (κ1) is 13.5. The molecule has 1 aliphatic heterocycles. The summed E-state index contributed by atoms with van der Waals surface area (Å²) in [4.78, 5) is 14.1. The van der Waals surface area contributed by atoms with E-state index >= 15 is 0 Å². The van der Waals surface area contributed by atoms with Crippen LogP contribution in [0.2, 0.25) is 0 Å². The van der Waals surface area contributed by atoms with Gasteiger partial charge in [-0.15, -0.1) is 0 Å². The molecule has 0 aromatic carbocycles. The number of rotatable bonds is 5. The molecule has 0 aliphatic carbocycles. The molecule has 1 aliphatic rings. The molecule has 3 N–H and O–H groups in total. The third-order valence-electron chi connectivity index (χ3n) is 3.39. The summed E-state index contributed by atoms with van der Waals surface area (Å²) >= 11 is 0. The number of amides is 1. The molecule has 4 heteroatoms. The molecule has 0 aromatic rings. The first-order valence-electron chi connectivity index (χ1n) is 6.36. The fourth-order valence-electron chi connectivity index (χ4n) is 2.41. The largest absolute Gasteiger partial charge is 0.394 e. The molecule has 0 aromatic heterocycles. The lowest BCUT2D eigenvalue weighted by Crippen LogP contribution is -2.49. The van der Waals surface area contributed by atoms with E-state index in [0.717, 1.165) is 38.6 Å². The lowest BCUT2D eigenvalue weighted by molar-refractivity contribution is -0.140. The zero-order valence-electron chi connectivity index (χ0n) is 10.2. The number of nitrogens with two attached hydrogens (primary N) is 1. The van der Waals surface area contributed by atoms with Gasteiger partial charge in [-0.3, -0.25) is 4.79 Å². The van der Waals surface area contributed by atoms with E-state index in [4.69, 9.17) is 5.73 Å². The van der Waals surface area contributed by atoms with Crippen LogP contribution in [-0.2, 0) is 4.79 Å². The molecule has 16 heavy (non-hydrogen) atoms. The molecule has 94 valence electrons. The highest BCUT2D eigenvalue weighted by molar-refractivity contribution is 5.79. The van der Waals surface area contributed by atoms with Gasteiger partial charge in [0.15, 0.2) is 0 Å². The Balaban J connectivity index is 2.61. The number of carbonyl (C=O) groups is 1. The Bertz CT molecular complexity index is 221. The maximum absolute atomic E-state index is 12.2. The summed E-state index contributed by atoms with van der Waals surface area (Å²) in [6.07, 6.45) is 4.91. The minimum atomic E-state index is -0.0582. The number of carbonyl (C=O) groups excluding carboxylic acids is 1. The van der Waals surface area contributed by atoms with E-state index in [0.29, 0.717) is 6.54 Å². The molecular weight excluding hydrogens is 204 g/mol. The monoisotopic (exact) mass is 228 g/mol. The van der Waals surface area contributed by atoms with Crippen molar-refractivity contribution in [2.45, 2.75) is 45.1 Å². The Kier molecular flexibility index (Phi) is 5.77. The summed E-state index contributed by atoms with van der Waals surface area (Å²) in [6, 6.07) is 0.0205. The zero-order chi connectivity index (χ0) is 12.0. The van der Waals surface area contributed by atoms with E-state index in [-0.39, 0.29) is 24.5 Å². The smallest absolute Gasteiger partial charge is 0.227 e. The third kappa shape index (κ3) is 3.19. The van der Waals surface area contributed by atoms with Gasteiger partial charge in [0, 0.05) is 13.1 Å². The first-order chi connectivity index (χ1) is 7.74. The Morgan fingerprint density at radius 2 is 2.31 bits per heavy atom. The average Bonchev–Trinajstić information content (AvgIpc) is 2.35. The van der Waals surface area contributed by atoms with Crippen molar-refractivity contribution in [3.63, 3.8) is 0 Å². The SMILES string of the molecule is CCCC(CN)C(=O)N1CCCCC1CO. The molecule has 1 amide bonds. The van der Waals surface area contributed by atoms with Gasteiger partial charge in [0.2, 0.25) is 5.91 Å². The lowest BCUT2D eigenvalue weighted by Gasteiger charge is -2.36. The third-order valence-corrected chi connectivity index (χ3v) is 3.39. The topological polar surface area (TPSA) is 66.6 Å². The average molecular weight is 228 g/mol. The standard InChI is InChI=1S/C12H24N2O2/c1-2-5-10(8-13)12(16)14-7-4-3-6-11(14)9-15/h10-11,15H,2-9,13H2,1H3. The van der Waals surface area contributed by atoms with Crippen LogP contribution < -0.4 is 5.73 Å². The molecule has 2 unspecified atom stereocenters. The molecular formula is C12H24N2O2. The Morgan fingerprint density at radius 1 is 1.56 bits per heavy atom. The predicted molar refractivity (Wildman–Crippen MR) is 63.9 cm³/mol. The van der Waals surface area contributed by atoms with E-state index in [1.807, 2.05) is 4.90 Å². The van der Waals surface area contributed by atoms with E-state index in [9.17, 15) is 9.90 Å². The van der Waals surface area contributed by atoms with Crippen LogP contribution in [0.5, 0.6) is 0 Å². The highest BCUT2D eigenvalue weighted by Crippen LogP contribution is 2.20. The fourth-order valence-corrected chi connectivity index (χ4v) is 2.41. The van der Waals surface area contributed by atoms with Crippen molar-refractivity contribution in [2.24, 2.45) is 11.7 Å². The lowest BCUT2D eigenvalue weighted by atomic mass is 9.97. The predicted octanol–water partition coefficient (Wildman–Crippen LogP) is 0.735. The second-order valence-corrected chi connectivity index (χ2v) is 4.59. The summed E-state index contributed by atoms with van der Waals surface area (Å²) in [6.45, 7) is 3.34. The molecule has 1 heterocycles. The van der Waals surface area contributed by atoms with E-state index in [1.165, 1.54) is 0 Å². The fraction of sp³-hybridized carbons (Fsp3) is 0.917. The number of piperidine rings is 1. The second kappa shape index (κ2) is 6.86. The minimum Gasteiger partial charge on any atom is -0.394 e. The van der Waals surface area contributed by atoms with Crippen LogP contribution in [0.25, 0.3) is 0 Å². The van der Waals surface area contributed by atoms with Gasteiger partial charge in [-0.1, -0.05) is 13.3 Å². The van der Waals surface area contributed by atoms with Gasteiger partial charge in [-0.2, -0.15) is 0 Å². The molecule has 0 spiro atoms. The van der Waals surface area contributed by atoms with Crippen LogP contribution >= 0.6 is 0 Å². The van der Waals surface area contributed by atoms with Crippen molar-refractivity contribution in [1.29, 1.82) is 0 Å². The summed E-state index contributed by atoms with van der Waals surface area (Å²) < 4.78 is 0. The zero-order valence-corrected chi connectivity index (χ0v) is 10.2. The van der Waals surface area contributed by atoms with Gasteiger partial charge < -0.3 is 15.7 Å². The van der Waals surface area contributed by atoms with E-state index in [2.05, 4.69) is 6.92 Å². The van der Waals surface area contributed by atoms with Crippen LogP contribution in [0.1, 0.15) is 39.0 Å². The van der Waals surface area contributed by atoms with E-state index < -0.39 is 0 Å². The minimum absolute atomic E-state index is 0.0205. The number of hydrogen-bond acceptors (Lipinski definition) is 3. The number of likely N-dealkylation sites (tertiary alicyclic amines) is 1. The highest BCUT2D eigenvalue weighted by Gasteiger charge is 2.29. The summed E-state index contributed by atoms with van der Waals surface area (Å²) in [5, 5.41) is 9.27. The molecule has 1 fully saturated rings. The van der Waals surface area contributed by atoms with Crippen LogP contribution in [-0.4, -0.2) is 41.7 Å². The maximum atomic E-state index is 12.2. The summed E-state index contributed by atoms with van der Waals surface area (Å²) in [5.74, 6) is 0.0836. The number of aliphatic hydroxyl groups excluding tert-OH is 1. The van der Waals surface area contributed by atoms with Crippen LogP contribution in [0, 0.1) is 5.92 Å². The molecule has 0 radical (unpaired) electrons. The molecule has 4 nitrogen and oxygen atoms in total. The van der Waals surface area contributed by atoms with E-state index in [1.54, 1.807) is 0 Å². The molecule has 0 bridgehead atoms. The Morgan fingerprint density at radius 3 is 2.88 bits per heavy atom. The first-order valence-corrected chi connectivity index (χ1v) is 6.36. The maximum Gasteiger partial charge on any atom is 0.227 e. The van der Waals surface area contributed by atoms with Gasteiger partial charge in [0.1, 0.15) is 0 Å². The number of hydrogen-bond donors (Lipinski definition) is 2. The Hall–Kier alpha value is -0.610. The van der Waals surface area contributed by atoms with Crippen molar-refractivity contribution in [1.82, 2.24) is 4.90 Å². The van der Waals surface area contributed by atoms with Crippen molar-refractivity contribution >= 4 is 5.91 Å². The number of aliphatic hydroxyl groups is 1. The van der Waals surface area contributed by atoms with Crippen molar-refractivity contribution in [2.75, 3.05) is 19.7 Å². The summed E-state index contributed by atoms with van der Waals surface area (Å²) in [5.41, 5.74) is 5.64. The van der Waals surface area contributed by atoms with Crippen molar-refractivity contribution < 1.29 is 9.90 Å². The van der Waals surface area contributed by atoms with Gasteiger partial charge in [-0.25, -0.2) is 0 Å². The van der Waals surface area contributed by atoms with Gasteiger partial charge >= 0.3 is 0 Å². The van der Waals surface area contributed by atoms with Crippen LogP contribution in [0.4, 0.5) is 0 Å². The van der Waals surface area contributed by atoms with Gasteiger partial charge in [0.25, 0.3) is 0 Å². The normalized spacial score (nSPS) is 23.2. The molecule has 2 atom stereocenters. The molecule has 0 saturated carbocycles. The van der Waals surface area contributed by atoms with Gasteiger partial charge in [-0.05, 0) is 25.7 Å². The second-order valence-electron chi connectivity index (χ2n) is 4.59. The van der Waals surface area contributed by atoms with Gasteiger partial charge in [0.05, 0.1) is 18.6 Å². The van der Waals surface area contributed by atoms with Crippen molar-refractivity contribution in [3.05, 3.63) is 0 Å². The molecule has 1 rings (SSSR count). The highest BCUT2D eigenvalue weighted by atomic mass is 16.3. The molecule has 1 saturated heterocycles. The van der Waals surface area contributed by atoms with Crippen molar-refractivity contribution in [3.8, 4) is 0 Å². The Labute approximate surface area is 97.8 Å². The number of nitrogens with zero attached hydrogens (tertiary/aromatic N) is 1. The van der Waals surface area contributed by atoms with Crippen LogP contribution in [0.15, 0.2) is 0 Å². The van der Waals surface area contributed by atoms with Crippen LogP contribution in [0.3, 0.4) is 0 Å².